The number of aryl methyl sites for hydroxylation is 1. The monoisotopic (exact) mass is 329 g/mol. The second-order valence-electron chi connectivity index (χ2n) is 5.51. The topological polar surface area (TPSA) is 94.4 Å². The minimum absolute atomic E-state index is 0.150. The highest BCUT2D eigenvalue weighted by molar-refractivity contribution is 5.95. The third-order valence-corrected chi connectivity index (χ3v) is 3.58. The largest absolute Gasteiger partial charge is 0.497 e. The Labute approximate surface area is 139 Å². The Morgan fingerprint density at radius 2 is 2.17 bits per heavy atom. The highest BCUT2D eigenvalue weighted by Crippen LogP contribution is 2.16. The first-order valence-electron chi connectivity index (χ1n) is 7.45. The van der Waals surface area contributed by atoms with Crippen molar-refractivity contribution in [3.63, 3.8) is 0 Å². The minimum atomic E-state index is -0.567. The Morgan fingerprint density at radius 1 is 1.42 bits per heavy atom. The lowest BCUT2D eigenvalue weighted by Crippen LogP contribution is -2.34. The number of amides is 1. The van der Waals surface area contributed by atoms with Gasteiger partial charge < -0.3 is 10.1 Å². The molecule has 1 N–H and O–H groups in total. The molecule has 0 saturated carbocycles. The van der Waals surface area contributed by atoms with E-state index >= 15 is 0 Å². The minimum Gasteiger partial charge on any atom is -0.497 e. The van der Waals surface area contributed by atoms with Gasteiger partial charge in [0, 0.05) is 12.1 Å². The van der Waals surface area contributed by atoms with Crippen molar-refractivity contribution in [2.45, 2.75) is 26.3 Å². The second-order valence-corrected chi connectivity index (χ2v) is 5.51. The van der Waals surface area contributed by atoms with E-state index in [0.717, 1.165) is 17.5 Å². The molecule has 0 bridgehead atoms. The van der Waals surface area contributed by atoms with Crippen molar-refractivity contribution < 1.29 is 14.5 Å². The molecule has 0 radical (unpaired) electrons. The first-order valence-corrected chi connectivity index (χ1v) is 7.45. The standard InChI is InChI=1S/C17H19N3O4/c1-11(7-13-5-4-6-15(8-13)24-3)19-17(21)16-9-14(20(22)23)10-18-12(16)2/h4-6,8-11H,7H2,1-3H3,(H,19,21). The maximum absolute atomic E-state index is 12.4. The first kappa shape index (κ1) is 17.4. The fourth-order valence-corrected chi connectivity index (χ4v) is 2.36. The summed E-state index contributed by atoms with van der Waals surface area (Å²) in [7, 11) is 1.60. The van der Waals surface area contributed by atoms with Gasteiger partial charge >= 0.3 is 0 Å². The molecule has 0 spiro atoms. The fraction of sp³-hybridized carbons (Fsp3) is 0.294. The van der Waals surface area contributed by atoms with Crippen molar-refractivity contribution in [1.82, 2.24) is 10.3 Å². The van der Waals surface area contributed by atoms with E-state index < -0.39 is 4.92 Å². The maximum Gasteiger partial charge on any atom is 0.288 e. The van der Waals surface area contributed by atoms with E-state index in [-0.39, 0.29) is 23.2 Å². The maximum atomic E-state index is 12.4. The number of nitrogens with one attached hydrogen (secondary N) is 1. The van der Waals surface area contributed by atoms with E-state index in [4.69, 9.17) is 4.74 Å². The molecule has 0 aliphatic heterocycles. The van der Waals surface area contributed by atoms with Crippen molar-refractivity contribution in [2.24, 2.45) is 0 Å². The zero-order chi connectivity index (χ0) is 17.7. The van der Waals surface area contributed by atoms with Crippen LogP contribution in [-0.4, -0.2) is 29.0 Å². The summed E-state index contributed by atoms with van der Waals surface area (Å²) in [5, 5.41) is 13.7. The summed E-state index contributed by atoms with van der Waals surface area (Å²) >= 11 is 0. The molecule has 0 saturated heterocycles. The number of carbonyl (C=O) groups is 1. The molecule has 1 amide bonds. The third-order valence-electron chi connectivity index (χ3n) is 3.58. The first-order chi connectivity index (χ1) is 11.4. The smallest absolute Gasteiger partial charge is 0.288 e. The Hall–Kier alpha value is -2.96. The van der Waals surface area contributed by atoms with Gasteiger partial charge in [0.2, 0.25) is 0 Å². The number of methoxy groups -OCH3 is 1. The zero-order valence-corrected chi connectivity index (χ0v) is 13.8. The summed E-state index contributed by atoms with van der Waals surface area (Å²) in [5.74, 6) is 0.379. The van der Waals surface area contributed by atoms with Crippen molar-refractivity contribution in [3.8, 4) is 5.75 Å². The number of nitrogens with zero attached hydrogens (tertiary/aromatic N) is 2. The summed E-state index contributed by atoms with van der Waals surface area (Å²) in [4.78, 5) is 26.5. The molecule has 1 aromatic carbocycles. The Kier molecular flexibility index (Phi) is 5.47. The van der Waals surface area contributed by atoms with Crippen LogP contribution in [0.4, 0.5) is 5.69 Å². The fourth-order valence-electron chi connectivity index (χ4n) is 2.36. The Bertz CT molecular complexity index is 761. The van der Waals surface area contributed by atoms with Gasteiger partial charge in [-0.05, 0) is 38.0 Å². The zero-order valence-electron chi connectivity index (χ0n) is 13.8. The molecule has 7 heteroatoms. The van der Waals surface area contributed by atoms with Crippen LogP contribution in [0.2, 0.25) is 0 Å². The van der Waals surface area contributed by atoms with Gasteiger partial charge in [0.1, 0.15) is 11.9 Å². The van der Waals surface area contributed by atoms with Crippen LogP contribution in [0.15, 0.2) is 36.5 Å². The number of nitro groups is 1. The lowest BCUT2D eigenvalue weighted by molar-refractivity contribution is -0.385. The van der Waals surface area contributed by atoms with Gasteiger partial charge in [0.25, 0.3) is 11.6 Å². The molecule has 1 atom stereocenters. The van der Waals surface area contributed by atoms with E-state index in [9.17, 15) is 14.9 Å². The molecule has 1 unspecified atom stereocenters. The van der Waals surface area contributed by atoms with Crippen LogP contribution >= 0.6 is 0 Å². The highest BCUT2D eigenvalue weighted by atomic mass is 16.6. The highest BCUT2D eigenvalue weighted by Gasteiger charge is 2.17. The van der Waals surface area contributed by atoms with Gasteiger partial charge in [-0.2, -0.15) is 0 Å². The van der Waals surface area contributed by atoms with Crippen molar-refractivity contribution >= 4 is 11.6 Å². The number of rotatable bonds is 6. The molecule has 0 aliphatic carbocycles. The lowest BCUT2D eigenvalue weighted by Gasteiger charge is -2.15. The van der Waals surface area contributed by atoms with Crippen molar-refractivity contribution in [3.05, 3.63) is 63.5 Å². The average Bonchev–Trinajstić information content (AvgIpc) is 2.54. The molecule has 0 aliphatic rings. The number of ether oxygens (including phenoxy) is 1. The summed E-state index contributed by atoms with van der Waals surface area (Å²) < 4.78 is 5.18. The predicted molar refractivity (Wildman–Crippen MR) is 89.3 cm³/mol. The summed E-state index contributed by atoms with van der Waals surface area (Å²) in [6.07, 6.45) is 1.76. The number of hydrogen-bond donors (Lipinski definition) is 1. The van der Waals surface area contributed by atoms with Gasteiger partial charge in [-0.3, -0.25) is 19.9 Å². The SMILES string of the molecule is COc1cccc(CC(C)NC(=O)c2cc([N+](=O)[O-])cnc2C)c1. The Balaban J connectivity index is 2.08. The van der Waals surface area contributed by atoms with Crippen molar-refractivity contribution in [1.29, 1.82) is 0 Å². The molecular weight excluding hydrogens is 310 g/mol. The van der Waals surface area contributed by atoms with Crippen LogP contribution in [0.3, 0.4) is 0 Å². The van der Waals surface area contributed by atoms with Crippen LogP contribution in [0.5, 0.6) is 5.75 Å². The van der Waals surface area contributed by atoms with Gasteiger partial charge in [-0.15, -0.1) is 0 Å². The second kappa shape index (κ2) is 7.54. The molecular formula is C17H19N3O4. The number of aromatic nitrogens is 1. The van der Waals surface area contributed by atoms with E-state index in [0.29, 0.717) is 12.1 Å². The predicted octanol–water partition coefficient (Wildman–Crippen LogP) is 2.67. The molecule has 2 rings (SSSR count). The van der Waals surface area contributed by atoms with Gasteiger partial charge in [0.15, 0.2) is 0 Å². The van der Waals surface area contributed by atoms with Crippen LogP contribution in [0, 0.1) is 17.0 Å². The molecule has 1 heterocycles. The summed E-state index contributed by atoms with van der Waals surface area (Å²) in [6, 6.07) is 8.69. The van der Waals surface area contributed by atoms with Gasteiger partial charge in [-0.1, -0.05) is 12.1 Å². The molecule has 0 fully saturated rings. The molecule has 126 valence electrons. The quantitative estimate of drug-likeness (QED) is 0.649. The molecule has 2 aromatic rings. The number of carbonyl (C=O) groups excluding carboxylic acids is 1. The van der Waals surface area contributed by atoms with E-state index in [2.05, 4.69) is 10.3 Å². The summed E-state index contributed by atoms with van der Waals surface area (Å²) in [6.45, 7) is 3.52. The Morgan fingerprint density at radius 3 is 2.83 bits per heavy atom. The third kappa shape index (κ3) is 4.28. The van der Waals surface area contributed by atoms with Crippen molar-refractivity contribution in [2.75, 3.05) is 7.11 Å². The molecule has 24 heavy (non-hydrogen) atoms. The van der Waals surface area contributed by atoms with Crippen LogP contribution < -0.4 is 10.1 Å². The van der Waals surface area contributed by atoms with E-state index in [1.54, 1.807) is 14.0 Å². The number of benzene rings is 1. The molecule has 1 aromatic heterocycles. The average molecular weight is 329 g/mol. The molecule has 7 nitrogen and oxygen atoms in total. The van der Waals surface area contributed by atoms with Gasteiger partial charge in [0.05, 0.1) is 23.3 Å². The normalized spacial score (nSPS) is 11.6. The lowest BCUT2D eigenvalue weighted by atomic mass is 10.1. The number of hydrogen-bond acceptors (Lipinski definition) is 5. The number of pyridine rings is 1. The summed E-state index contributed by atoms with van der Waals surface area (Å²) in [5.41, 5.74) is 1.48. The van der Waals surface area contributed by atoms with E-state index in [1.165, 1.54) is 6.07 Å². The van der Waals surface area contributed by atoms with E-state index in [1.807, 2.05) is 31.2 Å². The van der Waals surface area contributed by atoms with Crippen LogP contribution in [0.1, 0.15) is 28.5 Å². The van der Waals surface area contributed by atoms with Gasteiger partial charge in [-0.25, -0.2) is 0 Å². The van der Waals surface area contributed by atoms with Crippen LogP contribution in [0.25, 0.3) is 0 Å². The van der Waals surface area contributed by atoms with Crippen LogP contribution in [-0.2, 0) is 6.42 Å².